The molecule has 0 N–H and O–H groups in total. The summed E-state index contributed by atoms with van der Waals surface area (Å²) in [4.78, 5) is 15.6. The number of hydrogen-bond acceptors (Lipinski definition) is 4. The normalized spacial score (nSPS) is 19.0. The Bertz CT molecular complexity index is 588. The molecule has 0 bridgehead atoms. The topological polar surface area (TPSA) is 32.8 Å². The fraction of sp³-hybridized carbons (Fsp3) is 0.588. The third kappa shape index (κ3) is 4.70. The van der Waals surface area contributed by atoms with Gasteiger partial charge in [-0.15, -0.1) is 0 Å². The Labute approximate surface area is 140 Å². The summed E-state index contributed by atoms with van der Waals surface area (Å²) in [6.45, 7) is 2.74. The van der Waals surface area contributed by atoms with Crippen LogP contribution in [0.25, 0.3) is 0 Å². The van der Waals surface area contributed by atoms with E-state index in [0.717, 1.165) is 39.2 Å². The molecule has 1 aromatic carbocycles. The smallest absolute Gasteiger partial charge is 0.416 e. The number of benzene rings is 1. The van der Waals surface area contributed by atoms with Crippen molar-refractivity contribution in [3.63, 3.8) is 0 Å². The van der Waals surface area contributed by atoms with E-state index in [1.807, 2.05) is 19.0 Å². The Hall–Kier alpha value is -1.60. The third-order valence-electron chi connectivity index (χ3n) is 4.22. The monoisotopic (exact) mass is 344 g/mol. The average Bonchev–Trinajstić information content (AvgIpc) is 2.92. The molecule has 1 aliphatic rings. The first-order valence-corrected chi connectivity index (χ1v) is 7.86. The van der Waals surface area contributed by atoms with Crippen molar-refractivity contribution in [2.45, 2.75) is 19.1 Å². The summed E-state index contributed by atoms with van der Waals surface area (Å²) < 4.78 is 44.5. The summed E-state index contributed by atoms with van der Waals surface area (Å²) in [6.07, 6.45) is -3.51. The van der Waals surface area contributed by atoms with Crippen molar-refractivity contribution in [1.29, 1.82) is 0 Å². The van der Waals surface area contributed by atoms with Crippen LogP contribution < -0.4 is 0 Å². The maximum absolute atomic E-state index is 13.3. The number of ether oxygens (including phenoxy) is 1. The molecule has 1 aromatic rings. The van der Waals surface area contributed by atoms with Crippen LogP contribution in [-0.4, -0.2) is 56.6 Å². The molecule has 1 fully saturated rings. The molecule has 1 atom stereocenters. The van der Waals surface area contributed by atoms with Gasteiger partial charge in [0.1, 0.15) is 0 Å². The molecule has 134 valence electrons. The SMILES string of the molecule is COC(=O)c1ccc(CN2CCC(CN(C)C)C2)c(C(F)(F)F)c1. The van der Waals surface area contributed by atoms with Gasteiger partial charge in [0.25, 0.3) is 0 Å². The number of nitrogens with zero attached hydrogens (tertiary/aromatic N) is 2. The number of rotatable bonds is 5. The number of carbonyl (C=O) groups is 1. The molecular weight excluding hydrogens is 321 g/mol. The zero-order chi connectivity index (χ0) is 17.9. The third-order valence-corrected chi connectivity index (χ3v) is 4.22. The Kier molecular flexibility index (Phi) is 5.87. The zero-order valence-corrected chi connectivity index (χ0v) is 14.2. The first-order valence-electron chi connectivity index (χ1n) is 7.86. The fourth-order valence-electron chi connectivity index (χ4n) is 3.19. The molecule has 1 heterocycles. The van der Waals surface area contributed by atoms with E-state index >= 15 is 0 Å². The van der Waals surface area contributed by atoms with Crippen LogP contribution in [0.15, 0.2) is 18.2 Å². The summed E-state index contributed by atoms with van der Waals surface area (Å²) >= 11 is 0. The lowest BCUT2D eigenvalue weighted by Gasteiger charge is -2.21. The molecule has 4 nitrogen and oxygen atoms in total. The minimum atomic E-state index is -4.50. The van der Waals surface area contributed by atoms with E-state index in [1.165, 1.54) is 12.1 Å². The number of hydrogen-bond donors (Lipinski definition) is 0. The second kappa shape index (κ2) is 7.53. The van der Waals surface area contributed by atoms with E-state index in [4.69, 9.17) is 0 Å². The van der Waals surface area contributed by atoms with Crippen LogP contribution in [0.4, 0.5) is 13.2 Å². The summed E-state index contributed by atoms with van der Waals surface area (Å²) in [7, 11) is 5.14. The quantitative estimate of drug-likeness (QED) is 0.769. The van der Waals surface area contributed by atoms with E-state index in [9.17, 15) is 18.0 Å². The van der Waals surface area contributed by atoms with E-state index in [2.05, 4.69) is 9.64 Å². The fourth-order valence-corrected chi connectivity index (χ4v) is 3.19. The van der Waals surface area contributed by atoms with Crippen LogP contribution in [-0.2, 0) is 17.5 Å². The van der Waals surface area contributed by atoms with E-state index in [-0.39, 0.29) is 17.7 Å². The van der Waals surface area contributed by atoms with Crippen molar-refractivity contribution in [3.8, 4) is 0 Å². The van der Waals surface area contributed by atoms with Gasteiger partial charge >= 0.3 is 12.1 Å². The summed E-state index contributed by atoms with van der Waals surface area (Å²) in [5.41, 5.74) is -0.650. The van der Waals surface area contributed by atoms with Gasteiger partial charge in [0.15, 0.2) is 0 Å². The molecule has 7 heteroatoms. The predicted octanol–water partition coefficient (Wildman–Crippen LogP) is 2.88. The zero-order valence-electron chi connectivity index (χ0n) is 14.2. The summed E-state index contributed by atoms with van der Waals surface area (Å²) in [5.74, 6) is -0.289. The second-order valence-electron chi connectivity index (χ2n) is 6.51. The van der Waals surface area contributed by atoms with Crippen molar-refractivity contribution >= 4 is 5.97 Å². The van der Waals surface area contributed by atoms with Gasteiger partial charge in [-0.25, -0.2) is 4.79 Å². The van der Waals surface area contributed by atoms with Crippen molar-refractivity contribution < 1.29 is 22.7 Å². The highest BCUT2D eigenvalue weighted by atomic mass is 19.4. The van der Waals surface area contributed by atoms with Crippen molar-refractivity contribution in [3.05, 3.63) is 34.9 Å². The number of esters is 1. The highest BCUT2D eigenvalue weighted by Gasteiger charge is 2.35. The highest BCUT2D eigenvalue weighted by molar-refractivity contribution is 5.89. The molecule has 0 radical (unpaired) electrons. The van der Waals surface area contributed by atoms with Crippen LogP contribution in [0.1, 0.15) is 27.9 Å². The molecule has 0 aliphatic carbocycles. The van der Waals surface area contributed by atoms with Crippen LogP contribution in [0.3, 0.4) is 0 Å². The minimum Gasteiger partial charge on any atom is -0.465 e. The first-order chi connectivity index (χ1) is 11.2. The predicted molar refractivity (Wildman–Crippen MR) is 84.7 cm³/mol. The van der Waals surface area contributed by atoms with E-state index in [1.54, 1.807) is 0 Å². The van der Waals surface area contributed by atoms with E-state index < -0.39 is 17.7 Å². The summed E-state index contributed by atoms with van der Waals surface area (Å²) in [5, 5.41) is 0. The number of methoxy groups -OCH3 is 1. The van der Waals surface area contributed by atoms with Gasteiger partial charge < -0.3 is 9.64 Å². The maximum atomic E-state index is 13.3. The molecule has 0 aromatic heterocycles. The largest absolute Gasteiger partial charge is 0.465 e. The molecule has 0 spiro atoms. The van der Waals surface area contributed by atoms with Gasteiger partial charge in [0, 0.05) is 19.6 Å². The standard InChI is InChI=1S/C17H23F3N2O2/c1-21(2)9-12-6-7-22(10-12)11-14-5-4-13(16(23)24-3)8-15(14)17(18,19)20/h4-5,8,12H,6-7,9-11H2,1-3H3. The second-order valence-corrected chi connectivity index (χ2v) is 6.51. The first kappa shape index (κ1) is 18.7. The molecule has 2 rings (SSSR count). The van der Waals surface area contributed by atoms with Crippen molar-refractivity contribution in [1.82, 2.24) is 9.80 Å². The molecule has 1 unspecified atom stereocenters. The number of alkyl halides is 3. The van der Waals surface area contributed by atoms with Gasteiger partial charge in [-0.3, -0.25) is 4.90 Å². The Morgan fingerprint density at radius 3 is 2.67 bits per heavy atom. The van der Waals surface area contributed by atoms with Gasteiger partial charge in [0.2, 0.25) is 0 Å². The minimum absolute atomic E-state index is 0.0829. The maximum Gasteiger partial charge on any atom is 0.416 e. The Morgan fingerprint density at radius 1 is 1.38 bits per heavy atom. The lowest BCUT2D eigenvalue weighted by atomic mass is 10.0. The average molecular weight is 344 g/mol. The molecule has 1 saturated heterocycles. The summed E-state index contributed by atoms with van der Waals surface area (Å²) in [6, 6.07) is 3.66. The van der Waals surface area contributed by atoms with Crippen LogP contribution in [0.5, 0.6) is 0 Å². The van der Waals surface area contributed by atoms with Gasteiger partial charge in [0.05, 0.1) is 18.2 Å². The number of likely N-dealkylation sites (tertiary alicyclic amines) is 1. The molecule has 1 aliphatic heterocycles. The van der Waals surface area contributed by atoms with Gasteiger partial charge in [-0.1, -0.05) is 6.07 Å². The Morgan fingerprint density at radius 2 is 2.08 bits per heavy atom. The van der Waals surface area contributed by atoms with Crippen molar-refractivity contribution in [2.75, 3.05) is 40.8 Å². The molecule has 24 heavy (non-hydrogen) atoms. The highest BCUT2D eigenvalue weighted by Crippen LogP contribution is 2.34. The Balaban J connectivity index is 2.16. The lowest BCUT2D eigenvalue weighted by molar-refractivity contribution is -0.138. The lowest BCUT2D eigenvalue weighted by Crippen LogP contribution is -2.26. The van der Waals surface area contributed by atoms with Crippen LogP contribution in [0, 0.1) is 5.92 Å². The van der Waals surface area contributed by atoms with E-state index in [0.29, 0.717) is 5.92 Å². The molecule has 0 saturated carbocycles. The van der Waals surface area contributed by atoms with Gasteiger partial charge in [-0.2, -0.15) is 13.2 Å². The van der Waals surface area contributed by atoms with Crippen LogP contribution >= 0.6 is 0 Å². The number of carbonyl (C=O) groups excluding carboxylic acids is 1. The van der Waals surface area contributed by atoms with Crippen molar-refractivity contribution in [2.24, 2.45) is 5.92 Å². The van der Waals surface area contributed by atoms with Crippen LogP contribution in [0.2, 0.25) is 0 Å². The van der Waals surface area contributed by atoms with Gasteiger partial charge in [-0.05, 0) is 50.7 Å². The number of halogens is 3. The molecular formula is C17H23F3N2O2. The molecule has 0 amide bonds.